The number of carbonyl (C=O) groups excluding carboxylic acids is 1. The standard InChI is InChI=1S/C13H20N2O4/c1-4-17-13(16)10(8(2)3)12-14-11(15-19-12)9-6-5-7-18-9/h8-10H,4-7H2,1-3H3. The van der Waals surface area contributed by atoms with Crippen LogP contribution in [-0.4, -0.2) is 29.3 Å². The van der Waals surface area contributed by atoms with Crippen LogP contribution in [0.15, 0.2) is 4.52 Å². The molecule has 1 aliphatic heterocycles. The van der Waals surface area contributed by atoms with Crippen LogP contribution >= 0.6 is 0 Å². The van der Waals surface area contributed by atoms with Crippen molar-refractivity contribution >= 4 is 5.97 Å². The summed E-state index contributed by atoms with van der Waals surface area (Å²) in [7, 11) is 0. The first kappa shape index (κ1) is 14.0. The summed E-state index contributed by atoms with van der Waals surface area (Å²) < 4.78 is 15.8. The molecule has 2 rings (SSSR count). The average Bonchev–Trinajstić information content (AvgIpc) is 2.98. The van der Waals surface area contributed by atoms with Crippen LogP contribution in [0, 0.1) is 5.92 Å². The Morgan fingerprint density at radius 1 is 1.53 bits per heavy atom. The number of rotatable bonds is 5. The van der Waals surface area contributed by atoms with Gasteiger partial charge >= 0.3 is 5.97 Å². The SMILES string of the molecule is CCOC(=O)C(c1nc(C2CCCO2)no1)C(C)C. The largest absolute Gasteiger partial charge is 0.465 e. The first-order valence-corrected chi connectivity index (χ1v) is 6.75. The molecule has 0 saturated carbocycles. The highest BCUT2D eigenvalue weighted by molar-refractivity contribution is 5.77. The van der Waals surface area contributed by atoms with Gasteiger partial charge in [0.05, 0.1) is 6.61 Å². The topological polar surface area (TPSA) is 74.5 Å². The van der Waals surface area contributed by atoms with E-state index in [4.69, 9.17) is 14.0 Å². The molecule has 0 radical (unpaired) electrons. The summed E-state index contributed by atoms with van der Waals surface area (Å²) in [5, 5.41) is 3.93. The van der Waals surface area contributed by atoms with E-state index in [0.717, 1.165) is 19.4 Å². The van der Waals surface area contributed by atoms with Crippen LogP contribution in [0.5, 0.6) is 0 Å². The fourth-order valence-electron chi connectivity index (χ4n) is 2.18. The van der Waals surface area contributed by atoms with Crippen LogP contribution in [0.25, 0.3) is 0 Å². The molecule has 6 heteroatoms. The molecule has 1 aromatic heterocycles. The molecule has 0 bridgehead atoms. The predicted octanol–water partition coefficient (Wildman–Crippen LogP) is 2.22. The molecule has 0 aromatic carbocycles. The van der Waals surface area contributed by atoms with Gasteiger partial charge in [-0.05, 0) is 25.7 Å². The van der Waals surface area contributed by atoms with E-state index in [9.17, 15) is 4.79 Å². The Hall–Kier alpha value is -1.43. The predicted molar refractivity (Wildman–Crippen MR) is 66.4 cm³/mol. The van der Waals surface area contributed by atoms with Crippen molar-refractivity contribution in [3.63, 3.8) is 0 Å². The quantitative estimate of drug-likeness (QED) is 0.762. The van der Waals surface area contributed by atoms with Crippen LogP contribution < -0.4 is 0 Å². The minimum absolute atomic E-state index is 0.0387. The summed E-state index contributed by atoms with van der Waals surface area (Å²) in [6.45, 7) is 6.70. The lowest BCUT2D eigenvalue weighted by Gasteiger charge is -2.14. The van der Waals surface area contributed by atoms with E-state index in [-0.39, 0.29) is 18.0 Å². The lowest BCUT2D eigenvalue weighted by Crippen LogP contribution is -2.21. The number of nitrogens with zero attached hydrogens (tertiary/aromatic N) is 2. The van der Waals surface area contributed by atoms with Crippen LogP contribution in [-0.2, 0) is 14.3 Å². The van der Waals surface area contributed by atoms with E-state index in [0.29, 0.717) is 18.3 Å². The molecule has 2 atom stereocenters. The summed E-state index contributed by atoms with van der Waals surface area (Å²) in [4.78, 5) is 16.2. The molecule has 2 heterocycles. The molecule has 1 fully saturated rings. The van der Waals surface area contributed by atoms with Gasteiger partial charge in [-0.1, -0.05) is 19.0 Å². The molecule has 0 aliphatic carbocycles. The summed E-state index contributed by atoms with van der Waals surface area (Å²) >= 11 is 0. The fraction of sp³-hybridized carbons (Fsp3) is 0.769. The number of esters is 1. The van der Waals surface area contributed by atoms with Gasteiger partial charge in [0, 0.05) is 6.61 Å². The Morgan fingerprint density at radius 2 is 2.32 bits per heavy atom. The molecular weight excluding hydrogens is 248 g/mol. The van der Waals surface area contributed by atoms with E-state index in [2.05, 4.69) is 10.1 Å². The van der Waals surface area contributed by atoms with Crippen LogP contribution in [0.2, 0.25) is 0 Å². The Bertz CT molecular complexity index is 424. The highest BCUT2D eigenvalue weighted by Gasteiger charge is 2.33. The van der Waals surface area contributed by atoms with E-state index in [1.165, 1.54) is 0 Å². The van der Waals surface area contributed by atoms with Gasteiger partial charge in [-0.2, -0.15) is 4.98 Å². The van der Waals surface area contributed by atoms with Crippen molar-refractivity contribution in [2.75, 3.05) is 13.2 Å². The lowest BCUT2D eigenvalue weighted by molar-refractivity contribution is -0.146. The third-order valence-electron chi connectivity index (χ3n) is 3.15. The van der Waals surface area contributed by atoms with Gasteiger partial charge in [-0.25, -0.2) is 0 Å². The van der Waals surface area contributed by atoms with Gasteiger partial charge in [0.1, 0.15) is 12.0 Å². The molecule has 19 heavy (non-hydrogen) atoms. The molecule has 106 valence electrons. The maximum atomic E-state index is 11.9. The molecule has 2 unspecified atom stereocenters. The second kappa shape index (κ2) is 6.14. The Balaban J connectivity index is 2.15. The first-order valence-electron chi connectivity index (χ1n) is 6.75. The lowest BCUT2D eigenvalue weighted by atomic mass is 9.96. The second-order valence-corrected chi connectivity index (χ2v) is 4.97. The first-order chi connectivity index (χ1) is 9.13. The number of carbonyl (C=O) groups is 1. The van der Waals surface area contributed by atoms with Gasteiger partial charge in [0.25, 0.3) is 0 Å². The summed E-state index contributed by atoms with van der Waals surface area (Å²) in [5.74, 6) is 0.0564. The fourth-order valence-corrected chi connectivity index (χ4v) is 2.18. The van der Waals surface area contributed by atoms with Gasteiger partial charge in [0.2, 0.25) is 11.7 Å². The molecule has 1 aliphatic rings. The second-order valence-electron chi connectivity index (χ2n) is 4.97. The third kappa shape index (κ3) is 3.12. The van der Waals surface area contributed by atoms with Gasteiger partial charge < -0.3 is 14.0 Å². The highest BCUT2D eigenvalue weighted by Crippen LogP contribution is 2.29. The molecule has 0 spiro atoms. The average molecular weight is 268 g/mol. The van der Waals surface area contributed by atoms with E-state index in [1.807, 2.05) is 13.8 Å². The van der Waals surface area contributed by atoms with Crippen LogP contribution in [0.4, 0.5) is 0 Å². The zero-order chi connectivity index (χ0) is 13.8. The molecule has 0 N–H and O–H groups in total. The van der Waals surface area contributed by atoms with Crippen molar-refractivity contribution in [2.45, 2.75) is 45.6 Å². The Kier molecular flexibility index (Phi) is 4.52. The molecule has 6 nitrogen and oxygen atoms in total. The van der Waals surface area contributed by atoms with E-state index >= 15 is 0 Å². The zero-order valence-corrected chi connectivity index (χ0v) is 11.6. The molecule has 1 saturated heterocycles. The van der Waals surface area contributed by atoms with Crippen molar-refractivity contribution in [1.82, 2.24) is 10.1 Å². The van der Waals surface area contributed by atoms with Gasteiger partial charge in [-0.15, -0.1) is 0 Å². The zero-order valence-electron chi connectivity index (χ0n) is 11.6. The number of hydrogen-bond donors (Lipinski definition) is 0. The maximum Gasteiger partial charge on any atom is 0.318 e. The van der Waals surface area contributed by atoms with Crippen LogP contribution in [0.1, 0.15) is 57.3 Å². The highest BCUT2D eigenvalue weighted by atomic mass is 16.5. The van der Waals surface area contributed by atoms with Crippen molar-refractivity contribution < 1.29 is 18.8 Å². The van der Waals surface area contributed by atoms with Gasteiger partial charge in [0.15, 0.2) is 0 Å². The third-order valence-corrected chi connectivity index (χ3v) is 3.15. The van der Waals surface area contributed by atoms with Crippen LogP contribution in [0.3, 0.4) is 0 Å². The van der Waals surface area contributed by atoms with Crippen molar-refractivity contribution in [3.05, 3.63) is 11.7 Å². The summed E-state index contributed by atoms with van der Waals surface area (Å²) in [6.07, 6.45) is 1.79. The Labute approximate surface area is 112 Å². The minimum atomic E-state index is -0.511. The van der Waals surface area contributed by atoms with Crippen molar-refractivity contribution in [2.24, 2.45) is 5.92 Å². The molecular formula is C13H20N2O4. The van der Waals surface area contributed by atoms with Gasteiger partial charge in [-0.3, -0.25) is 4.79 Å². The number of hydrogen-bond acceptors (Lipinski definition) is 6. The Morgan fingerprint density at radius 3 is 2.89 bits per heavy atom. The van der Waals surface area contributed by atoms with Crippen molar-refractivity contribution in [3.8, 4) is 0 Å². The summed E-state index contributed by atoms with van der Waals surface area (Å²) in [6, 6.07) is 0. The van der Waals surface area contributed by atoms with E-state index < -0.39 is 5.92 Å². The smallest absolute Gasteiger partial charge is 0.318 e. The number of aromatic nitrogens is 2. The molecule has 1 aromatic rings. The monoisotopic (exact) mass is 268 g/mol. The normalized spacial score (nSPS) is 20.7. The number of ether oxygens (including phenoxy) is 2. The summed E-state index contributed by atoms with van der Waals surface area (Å²) in [5.41, 5.74) is 0. The molecule has 0 amide bonds. The van der Waals surface area contributed by atoms with Crippen molar-refractivity contribution in [1.29, 1.82) is 0 Å². The van der Waals surface area contributed by atoms with E-state index in [1.54, 1.807) is 6.92 Å². The minimum Gasteiger partial charge on any atom is -0.465 e. The maximum absolute atomic E-state index is 11.9.